The van der Waals surface area contributed by atoms with Crippen LogP contribution >= 0.6 is 0 Å². The highest BCUT2D eigenvalue weighted by Crippen LogP contribution is 2.21. The van der Waals surface area contributed by atoms with E-state index in [1.54, 1.807) is 18.2 Å². The molecule has 0 aliphatic heterocycles. The lowest BCUT2D eigenvalue weighted by Gasteiger charge is -2.20. The van der Waals surface area contributed by atoms with E-state index in [9.17, 15) is 8.42 Å². The Morgan fingerprint density at radius 2 is 2.00 bits per heavy atom. The lowest BCUT2D eigenvalue weighted by Crippen LogP contribution is -2.32. The van der Waals surface area contributed by atoms with E-state index in [0.29, 0.717) is 25.1 Å². The molecule has 0 radical (unpaired) electrons. The molecule has 0 aliphatic rings. The average Bonchev–Trinajstić information content (AvgIpc) is 2.44. The van der Waals surface area contributed by atoms with Crippen LogP contribution in [0.25, 0.3) is 0 Å². The molecular weight excluding hydrogens is 286 g/mol. The van der Waals surface area contributed by atoms with Crippen LogP contribution in [0.2, 0.25) is 0 Å². The predicted octanol–water partition coefficient (Wildman–Crippen LogP) is 2.15. The summed E-state index contributed by atoms with van der Waals surface area (Å²) in [7, 11) is -3.53. The number of benzene rings is 1. The fourth-order valence-corrected chi connectivity index (χ4v) is 3.69. The van der Waals surface area contributed by atoms with Gasteiger partial charge in [0.15, 0.2) is 0 Å². The highest BCUT2D eigenvalue weighted by atomic mass is 32.2. The highest BCUT2D eigenvalue weighted by Gasteiger charge is 2.24. The molecule has 0 heterocycles. The monoisotopic (exact) mass is 309 g/mol. The van der Waals surface area contributed by atoms with Crippen molar-refractivity contribution in [3.63, 3.8) is 0 Å². The number of sulfonamides is 1. The number of aryl methyl sites for hydroxylation is 1. The van der Waals surface area contributed by atoms with Gasteiger partial charge in [0, 0.05) is 25.1 Å². The maximum absolute atomic E-state index is 12.7. The summed E-state index contributed by atoms with van der Waals surface area (Å²) in [4.78, 5) is 0.244. The second-order valence-electron chi connectivity index (χ2n) is 4.77. The molecule has 0 atom stereocenters. The quantitative estimate of drug-likeness (QED) is 0.819. The van der Waals surface area contributed by atoms with Gasteiger partial charge < -0.3 is 5.11 Å². The summed E-state index contributed by atoms with van der Waals surface area (Å²) < 4.78 is 26.9. The lowest BCUT2D eigenvalue weighted by molar-refractivity contribution is 0.305. The van der Waals surface area contributed by atoms with Gasteiger partial charge in [0.25, 0.3) is 0 Å². The van der Waals surface area contributed by atoms with E-state index in [2.05, 4.69) is 11.8 Å². The Labute approximate surface area is 127 Å². The Morgan fingerprint density at radius 1 is 1.29 bits per heavy atom. The zero-order valence-corrected chi connectivity index (χ0v) is 13.7. The fraction of sp³-hybridized carbons (Fsp3) is 0.500. The SMILES string of the molecule is CCCN(CC)S(=O)(=O)c1ccc(C)cc1C#CCCO. The maximum Gasteiger partial charge on any atom is 0.244 e. The summed E-state index contributed by atoms with van der Waals surface area (Å²) in [6, 6.07) is 5.17. The number of aliphatic hydroxyl groups excluding tert-OH is 1. The van der Waals surface area contributed by atoms with Gasteiger partial charge in [-0.3, -0.25) is 0 Å². The van der Waals surface area contributed by atoms with Crippen molar-refractivity contribution in [2.24, 2.45) is 0 Å². The molecular formula is C16H23NO3S. The van der Waals surface area contributed by atoms with E-state index >= 15 is 0 Å². The van der Waals surface area contributed by atoms with Gasteiger partial charge >= 0.3 is 0 Å². The minimum absolute atomic E-state index is 0.0299. The van der Waals surface area contributed by atoms with Gasteiger partial charge in [0.1, 0.15) is 0 Å². The van der Waals surface area contributed by atoms with Crippen LogP contribution in [-0.2, 0) is 10.0 Å². The van der Waals surface area contributed by atoms with Gasteiger partial charge in [-0.25, -0.2) is 8.42 Å². The van der Waals surface area contributed by atoms with Crippen molar-refractivity contribution >= 4 is 10.0 Å². The van der Waals surface area contributed by atoms with Crippen molar-refractivity contribution < 1.29 is 13.5 Å². The molecule has 0 spiro atoms. The molecule has 116 valence electrons. The highest BCUT2D eigenvalue weighted by molar-refractivity contribution is 7.89. The largest absolute Gasteiger partial charge is 0.395 e. The third kappa shape index (κ3) is 4.57. The molecule has 4 nitrogen and oxygen atoms in total. The van der Waals surface area contributed by atoms with E-state index in [4.69, 9.17) is 5.11 Å². The smallest absolute Gasteiger partial charge is 0.244 e. The number of rotatable bonds is 6. The van der Waals surface area contributed by atoms with Crippen LogP contribution in [0.15, 0.2) is 23.1 Å². The van der Waals surface area contributed by atoms with Crippen LogP contribution in [0, 0.1) is 18.8 Å². The van der Waals surface area contributed by atoms with Crippen molar-refractivity contribution in [3.8, 4) is 11.8 Å². The number of nitrogens with zero attached hydrogens (tertiary/aromatic N) is 1. The third-order valence-electron chi connectivity index (χ3n) is 3.04. The van der Waals surface area contributed by atoms with E-state index in [1.807, 2.05) is 20.8 Å². The van der Waals surface area contributed by atoms with Crippen molar-refractivity contribution in [2.45, 2.75) is 38.5 Å². The third-order valence-corrected chi connectivity index (χ3v) is 5.07. The molecule has 5 heteroatoms. The van der Waals surface area contributed by atoms with Gasteiger partial charge in [0.2, 0.25) is 10.0 Å². The molecule has 0 aromatic heterocycles. The summed E-state index contributed by atoms with van der Waals surface area (Å²) in [5.74, 6) is 5.66. The van der Waals surface area contributed by atoms with E-state index < -0.39 is 10.0 Å². The van der Waals surface area contributed by atoms with Crippen molar-refractivity contribution in [2.75, 3.05) is 19.7 Å². The van der Waals surface area contributed by atoms with Gasteiger partial charge in [0.05, 0.1) is 11.5 Å². The number of hydrogen-bond acceptors (Lipinski definition) is 3. The first-order valence-electron chi connectivity index (χ1n) is 7.17. The first-order chi connectivity index (χ1) is 9.97. The normalized spacial score (nSPS) is 11.3. The van der Waals surface area contributed by atoms with Crippen molar-refractivity contribution in [1.29, 1.82) is 0 Å². The molecule has 0 saturated carbocycles. The summed E-state index contributed by atoms with van der Waals surface area (Å²) in [6.45, 7) is 6.59. The first kappa shape index (κ1) is 17.7. The molecule has 1 aromatic carbocycles. The Morgan fingerprint density at radius 3 is 2.57 bits per heavy atom. The van der Waals surface area contributed by atoms with E-state index in [1.165, 1.54) is 4.31 Å². The topological polar surface area (TPSA) is 57.6 Å². The average molecular weight is 309 g/mol. The molecule has 1 aromatic rings. The molecule has 21 heavy (non-hydrogen) atoms. The van der Waals surface area contributed by atoms with Gasteiger partial charge in [-0.15, -0.1) is 0 Å². The molecule has 1 N–H and O–H groups in total. The molecule has 0 fully saturated rings. The predicted molar refractivity (Wildman–Crippen MR) is 84.5 cm³/mol. The number of hydrogen-bond donors (Lipinski definition) is 1. The zero-order chi connectivity index (χ0) is 15.9. The van der Waals surface area contributed by atoms with Crippen molar-refractivity contribution in [1.82, 2.24) is 4.31 Å². The summed E-state index contributed by atoms with van der Waals surface area (Å²) in [5.41, 5.74) is 1.46. The molecule has 0 aliphatic carbocycles. The van der Waals surface area contributed by atoms with Gasteiger partial charge in [-0.1, -0.05) is 31.8 Å². The summed E-state index contributed by atoms with van der Waals surface area (Å²) >= 11 is 0. The lowest BCUT2D eigenvalue weighted by atomic mass is 10.1. The van der Waals surface area contributed by atoms with Crippen LogP contribution in [0.5, 0.6) is 0 Å². The molecule has 1 rings (SSSR count). The van der Waals surface area contributed by atoms with Crippen LogP contribution in [0.1, 0.15) is 37.8 Å². The molecule has 0 unspecified atom stereocenters. The minimum Gasteiger partial charge on any atom is -0.395 e. The van der Waals surface area contributed by atoms with Gasteiger partial charge in [-0.2, -0.15) is 4.31 Å². The second kappa shape index (κ2) is 8.18. The Kier molecular flexibility index (Phi) is 6.90. The van der Waals surface area contributed by atoms with Gasteiger partial charge in [-0.05, 0) is 31.0 Å². The van der Waals surface area contributed by atoms with Crippen LogP contribution in [0.3, 0.4) is 0 Å². The van der Waals surface area contributed by atoms with Crippen LogP contribution in [0.4, 0.5) is 0 Å². The minimum atomic E-state index is -3.53. The Bertz CT molecular complexity index is 627. The summed E-state index contributed by atoms with van der Waals surface area (Å²) in [6.07, 6.45) is 1.10. The standard InChI is InChI=1S/C16H23NO3S/c1-4-11-17(5-2)21(19,20)16-10-9-14(3)13-15(16)8-6-7-12-18/h9-10,13,18H,4-5,7,11-12H2,1-3H3. The van der Waals surface area contributed by atoms with Crippen LogP contribution in [-0.4, -0.2) is 37.5 Å². The van der Waals surface area contributed by atoms with E-state index in [-0.39, 0.29) is 11.5 Å². The zero-order valence-electron chi connectivity index (χ0n) is 12.9. The van der Waals surface area contributed by atoms with Crippen LogP contribution < -0.4 is 0 Å². The molecule has 0 bridgehead atoms. The molecule has 0 saturated heterocycles. The second-order valence-corrected chi connectivity index (χ2v) is 6.68. The summed E-state index contributed by atoms with van der Waals surface area (Å²) in [5, 5.41) is 8.80. The number of aliphatic hydroxyl groups is 1. The van der Waals surface area contributed by atoms with Crippen molar-refractivity contribution in [3.05, 3.63) is 29.3 Å². The maximum atomic E-state index is 12.7. The fourth-order valence-electron chi connectivity index (χ4n) is 2.02. The molecule has 0 amide bonds. The van der Waals surface area contributed by atoms with E-state index in [0.717, 1.165) is 12.0 Å². The Hall–Kier alpha value is -1.35. The first-order valence-corrected chi connectivity index (χ1v) is 8.61. The Balaban J connectivity index is 3.32.